The molecular weight excluding hydrogens is 719 g/mol. The van der Waals surface area contributed by atoms with E-state index in [1.54, 1.807) is 11.1 Å². The maximum absolute atomic E-state index is 13.8. The number of carbonyl (C=O) groups excluding carboxylic acids is 2. The first-order valence-electron chi connectivity index (χ1n) is 19.2. The maximum Gasteiger partial charge on any atom is 0.410 e. The number of rotatable bonds is 16. The highest BCUT2D eigenvalue weighted by molar-refractivity contribution is 7.80. The van der Waals surface area contributed by atoms with Gasteiger partial charge in [-0.2, -0.15) is 12.6 Å². The molecule has 11 heteroatoms. The molecule has 0 radical (unpaired) electrons. The van der Waals surface area contributed by atoms with Crippen LogP contribution in [-0.4, -0.2) is 79.6 Å². The van der Waals surface area contributed by atoms with E-state index in [2.05, 4.69) is 88.0 Å². The molecule has 0 bridgehead atoms. The van der Waals surface area contributed by atoms with Crippen molar-refractivity contribution in [3.05, 3.63) is 144 Å². The van der Waals surface area contributed by atoms with Crippen LogP contribution in [0.5, 0.6) is 0 Å². The van der Waals surface area contributed by atoms with Gasteiger partial charge in [0.15, 0.2) is 0 Å². The van der Waals surface area contributed by atoms with Crippen molar-refractivity contribution in [1.82, 2.24) is 34.6 Å². The van der Waals surface area contributed by atoms with Crippen LogP contribution in [0.15, 0.2) is 122 Å². The number of nitrogens with one attached hydrogen (secondary N) is 2. The molecule has 6 rings (SSSR count). The van der Waals surface area contributed by atoms with Gasteiger partial charge in [0.2, 0.25) is 5.91 Å². The standard InChI is InChI=1S/C43H47N7O3S.C2H6/c1-4-23-49(42(51)41(48(2)3)36-13-9-6-10-14-36)28-39-44-26-37(46-39)34-19-15-32(16-20-34)33-17-21-35(22-18-33)38-27-45-40(47-38)29-50(24-25-54)43(52)53-30-31-11-7-5-8-12-31;1-2/h5-22,26-27,41,54H,4,23-25,28-30H2,1-3H3,(H,44,46)(H,45,47);1-2H3. The molecule has 1 unspecified atom stereocenters. The van der Waals surface area contributed by atoms with Crippen molar-refractivity contribution in [2.75, 3.05) is 32.9 Å². The Balaban J connectivity index is 0.00000295. The van der Waals surface area contributed by atoms with Crippen molar-refractivity contribution in [3.8, 4) is 33.6 Å². The Morgan fingerprint density at radius 1 is 0.679 bits per heavy atom. The van der Waals surface area contributed by atoms with Crippen LogP contribution in [0, 0.1) is 0 Å². The van der Waals surface area contributed by atoms with E-state index in [4.69, 9.17) is 4.74 Å². The minimum Gasteiger partial charge on any atom is -0.445 e. The van der Waals surface area contributed by atoms with Crippen LogP contribution in [0.3, 0.4) is 0 Å². The largest absolute Gasteiger partial charge is 0.445 e. The van der Waals surface area contributed by atoms with Gasteiger partial charge in [0.05, 0.1) is 36.9 Å². The first-order valence-corrected chi connectivity index (χ1v) is 19.8. The Bertz CT molecular complexity index is 2080. The van der Waals surface area contributed by atoms with Crippen LogP contribution < -0.4 is 0 Å². The zero-order valence-electron chi connectivity index (χ0n) is 33.0. The Morgan fingerprint density at radius 3 is 1.64 bits per heavy atom. The molecule has 0 fully saturated rings. The van der Waals surface area contributed by atoms with Gasteiger partial charge >= 0.3 is 6.09 Å². The van der Waals surface area contributed by atoms with Gasteiger partial charge in [0.1, 0.15) is 24.3 Å². The maximum atomic E-state index is 13.8. The minimum absolute atomic E-state index is 0.0574. The molecule has 0 aliphatic rings. The number of benzene rings is 4. The number of carbonyl (C=O) groups is 2. The van der Waals surface area contributed by atoms with Crippen molar-refractivity contribution in [1.29, 1.82) is 0 Å². The number of ether oxygens (including phenoxy) is 1. The van der Waals surface area contributed by atoms with E-state index in [9.17, 15) is 9.59 Å². The van der Waals surface area contributed by atoms with Crippen LogP contribution in [-0.2, 0) is 29.2 Å². The van der Waals surface area contributed by atoms with Crippen LogP contribution >= 0.6 is 12.6 Å². The fraction of sp³-hybridized carbons (Fsp3) is 0.289. The fourth-order valence-electron chi connectivity index (χ4n) is 6.40. The summed E-state index contributed by atoms with van der Waals surface area (Å²) < 4.78 is 5.54. The summed E-state index contributed by atoms with van der Waals surface area (Å²) in [5, 5.41) is 0. The van der Waals surface area contributed by atoms with E-state index in [0.29, 0.717) is 31.2 Å². The average Bonchev–Trinajstić information content (AvgIpc) is 3.91. The topological polar surface area (TPSA) is 110 Å². The number of nitrogens with zero attached hydrogens (tertiary/aromatic N) is 5. The van der Waals surface area contributed by atoms with Gasteiger partial charge in [0, 0.05) is 18.8 Å². The van der Waals surface area contributed by atoms with Crippen molar-refractivity contribution in [2.45, 2.75) is 52.9 Å². The number of thiol groups is 1. The average molecular weight is 772 g/mol. The van der Waals surface area contributed by atoms with Gasteiger partial charge in [-0.3, -0.25) is 14.6 Å². The molecular formula is C45H53N7O3S. The van der Waals surface area contributed by atoms with E-state index in [1.807, 2.05) is 105 Å². The normalized spacial score (nSPS) is 11.4. The summed E-state index contributed by atoms with van der Waals surface area (Å²) in [6.45, 7) is 8.06. The number of aromatic amines is 2. The molecule has 0 spiro atoms. The molecule has 56 heavy (non-hydrogen) atoms. The quantitative estimate of drug-likeness (QED) is 0.0847. The molecule has 2 N–H and O–H groups in total. The Kier molecular flexibility index (Phi) is 15.5. The Hall–Kier alpha value is -5.65. The SMILES string of the molecule is CC.CCCN(Cc1ncc(-c2ccc(-c3ccc(-c4cnc(CN(CCS)C(=O)OCc5ccccc5)[nH]4)cc3)cc2)[nH]1)C(=O)C(c1ccccc1)N(C)C. The molecule has 292 valence electrons. The molecule has 2 amide bonds. The highest BCUT2D eigenvalue weighted by Gasteiger charge is 2.28. The van der Waals surface area contributed by atoms with Gasteiger partial charge in [-0.1, -0.05) is 130 Å². The third-order valence-electron chi connectivity index (χ3n) is 9.17. The first-order chi connectivity index (χ1) is 27.3. The molecule has 6 aromatic rings. The summed E-state index contributed by atoms with van der Waals surface area (Å²) in [5.41, 5.74) is 7.84. The predicted molar refractivity (Wildman–Crippen MR) is 228 cm³/mol. The van der Waals surface area contributed by atoms with E-state index < -0.39 is 6.09 Å². The Morgan fingerprint density at radius 2 is 1.16 bits per heavy atom. The molecule has 2 heterocycles. The second-order valence-electron chi connectivity index (χ2n) is 13.4. The lowest BCUT2D eigenvalue weighted by Crippen LogP contribution is -2.40. The monoisotopic (exact) mass is 771 g/mol. The van der Waals surface area contributed by atoms with Crippen LogP contribution in [0.1, 0.15) is 56.0 Å². The van der Waals surface area contributed by atoms with E-state index in [1.165, 1.54) is 0 Å². The van der Waals surface area contributed by atoms with Crippen molar-refractivity contribution in [3.63, 3.8) is 0 Å². The zero-order chi connectivity index (χ0) is 39.9. The molecule has 0 saturated carbocycles. The van der Waals surface area contributed by atoms with Crippen molar-refractivity contribution in [2.24, 2.45) is 0 Å². The number of hydrogen-bond acceptors (Lipinski definition) is 7. The molecule has 0 aliphatic carbocycles. The summed E-state index contributed by atoms with van der Waals surface area (Å²) in [7, 11) is 3.88. The predicted octanol–water partition coefficient (Wildman–Crippen LogP) is 9.27. The summed E-state index contributed by atoms with van der Waals surface area (Å²) in [6, 6.07) is 35.8. The number of imidazole rings is 2. The second kappa shape index (κ2) is 20.9. The second-order valence-corrected chi connectivity index (χ2v) is 13.8. The van der Waals surface area contributed by atoms with Gasteiger partial charge in [0.25, 0.3) is 0 Å². The minimum atomic E-state index is -0.405. The third kappa shape index (κ3) is 11.0. The molecule has 10 nitrogen and oxygen atoms in total. The van der Waals surface area contributed by atoms with E-state index >= 15 is 0 Å². The number of likely N-dealkylation sites (N-methyl/N-ethyl adjacent to an activating group) is 1. The van der Waals surface area contributed by atoms with E-state index in [-0.39, 0.29) is 25.1 Å². The van der Waals surface area contributed by atoms with Gasteiger partial charge < -0.3 is 19.6 Å². The summed E-state index contributed by atoms with van der Waals surface area (Å²) in [4.78, 5) is 48.1. The summed E-state index contributed by atoms with van der Waals surface area (Å²) in [6.07, 6.45) is 4.06. The highest BCUT2D eigenvalue weighted by Crippen LogP contribution is 2.28. The zero-order valence-corrected chi connectivity index (χ0v) is 33.9. The highest BCUT2D eigenvalue weighted by atomic mass is 32.1. The molecule has 2 aromatic heterocycles. The molecule has 0 saturated heterocycles. The van der Waals surface area contributed by atoms with Gasteiger partial charge in [-0.25, -0.2) is 14.8 Å². The molecule has 0 aliphatic heterocycles. The lowest BCUT2D eigenvalue weighted by molar-refractivity contribution is -0.137. The lowest BCUT2D eigenvalue weighted by Gasteiger charge is -2.30. The third-order valence-corrected chi connectivity index (χ3v) is 9.37. The number of hydrogen-bond donors (Lipinski definition) is 3. The fourth-order valence-corrected chi connectivity index (χ4v) is 6.64. The smallest absolute Gasteiger partial charge is 0.410 e. The van der Waals surface area contributed by atoms with Crippen molar-refractivity contribution >= 4 is 24.6 Å². The number of H-pyrrole nitrogens is 2. The molecule has 1 atom stereocenters. The van der Waals surface area contributed by atoms with Gasteiger partial charge in [-0.15, -0.1) is 0 Å². The summed E-state index contributed by atoms with van der Waals surface area (Å²) in [5.74, 6) is 1.98. The molecule has 4 aromatic carbocycles. The van der Waals surface area contributed by atoms with Crippen LogP contribution in [0.4, 0.5) is 4.79 Å². The number of aromatic nitrogens is 4. The Labute approximate surface area is 336 Å². The number of amides is 2. The van der Waals surface area contributed by atoms with Crippen LogP contribution in [0.25, 0.3) is 33.6 Å². The van der Waals surface area contributed by atoms with Gasteiger partial charge in [-0.05, 0) is 53.9 Å². The first kappa shape index (κ1) is 41.5. The van der Waals surface area contributed by atoms with Crippen LogP contribution in [0.2, 0.25) is 0 Å². The lowest BCUT2D eigenvalue weighted by atomic mass is 10.0. The summed E-state index contributed by atoms with van der Waals surface area (Å²) >= 11 is 4.33. The van der Waals surface area contributed by atoms with Crippen molar-refractivity contribution < 1.29 is 14.3 Å². The van der Waals surface area contributed by atoms with E-state index in [0.717, 1.165) is 57.0 Å².